The number of aromatic nitrogens is 1. The Morgan fingerprint density at radius 1 is 1.29 bits per heavy atom. The van der Waals surface area contributed by atoms with Gasteiger partial charge >= 0.3 is 0 Å². The average Bonchev–Trinajstić information content (AvgIpc) is 3.21. The molecule has 2 aromatic heterocycles. The van der Waals surface area contributed by atoms with Crippen molar-refractivity contribution in [1.29, 1.82) is 0 Å². The predicted octanol–water partition coefficient (Wildman–Crippen LogP) is 3.76. The van der Waals surface area contributed by atoms with Crippen molar-refractivity contribution < 1.29 is 18.3 Å². The van der Waals surface area contributed by atoms with Gasteiger partial charge in [-0.05, 0) is 36.4 Å². The topological polar surface area (TPSA) is 64.4 Å². The van der Waals surface area contributed by atoms with Crippen molar-refractivity contribution in [2.24, 2.45) is 0 Å². The maximum Gasteiger partial charge on any atom is 0.217 e. The lowest BCUT2D eigenvalue weighted by Gasteiger charge is -2.03. The summed E-state index contributed by atoms with van der Waals surface area (Å²) in [4.78, 5) is 15.4. The van der Waals surface area contributed by atoms with Crippen LogP contribution in [-0.2, 0) is 17.9 Å². The normalized spacial score (nSPS) is 10.6. The molecule has 0 unspecified atom stereocenters. The largest absolute Gasteiger partial charge is 0.486 e. The van der Waals surface area contributed by atoms with Gasteiger partial charge in [-0.3, -0.25) is 4.79 Å². The van der Waals surface area contributed by atoms with Crippen LogP contribution in [0, 0.1) is 5.82 Å². The molecule has 0 saturated heterocycles. The Labute approximate surface area is 142 Å². The van der Waals surface area contributed by atoms with E-state index in [0.29, 0.717) is 36.1 Å². The van der Waals surface area contributed by atoms with Gasteiger partial charge < -0.3 is 14.5 Å². The van der Waals surface area contributed by atoms with Gasteiger partial charge in [0.1, 0.15) is 34.6 Å². The minimum absolute atomic E-state index is 0.109. The number of hydrogen-bond acceptors (Lipinski definition) is 5. The summed E-state index contributed by atoms with van der Waals surface area (Å²) in [6.45, 7) is 2.10. The van der Waals surface area contributed by atoms with Gasteiger partial charge in [0.15, 0.2) is 5.76 Å². The minimum atomic E-state index is -0.299. The Hall–Kier alpha value is -2.67. The molecule has 24 heavy (non-hydrogen) atoms. The molecular weight excluding hydrogens is 331 g/mol. The lowest BCUT2D eigenvalue weighted by molar-refractivity contribution is -0.119. The lowest BCUT2D eigenvalue weighted by Crippen LogP contribution is -2.18. The number of carbonyl (C=O) groups excluding carboxylic acids is 1. The standard InChI is InChI=1S/C17H15FN2O3S/c1-11(21)19-8-14-6-7-16(23-14)15-10-24-17(20-15)9-22-13-4-2-12(18)3-5-13/h2-7,10H,8-9H2,1H3,(H,19,21). The zero-order valence-electron chi connectivity index (χ0n) is 12.9. The molecule has 0 spiro atoms. The Morgan fingerprint density at radius 2 is 2.08 bits per heavy atom. The third-order valence-corrected chi connectivity index (χ3v) is 3.98. The number of carbonyl (C=O) groups is 1. The number of benzene rings is 1. The molecule has 0 fully saturated rings. The zero-order chi connectivity index (χ0) is 16.9. The first-order chi connectivity index (χ1) is 11.6. The van der Waals surface area contributed by atoms with Gasteiger partial charge in [0.05, 0.1) is 6.54 Å². The second-order valence-electron chi connectivity index (χ2n) is 5.04. The highest BCUT2D eigenvalue weighted by Crippen LogP contribution is 2.25. The second-order valence-corrected chi connectivity index (χ2v) is 5.99. The number of amides is 1. The third kappa shape index (κ3) is 4.20. The number of thiazole rings is 1. The van der Waals surface area contributed by atoms with Crippen LogP contribution in [0.3, 0.4) is 0 Å². The summed E-state index contributed by atoms with van der Waals surface area (Å²) in [5, 5.41) is 5.34. The first-order valence-corrected chi connectivity index (χ1v) is 8.14. The van der Waals surface area contributed by atoms with Crippen molar-refractivity contribution in [2.45, 2.75) is 20.1 Å². The smallest absolute Gasteiger partial charge is 0.217 e. The molecule has 1 aromatic carbocycles. The summed E-state index contributed by atoms with van der Waals surface area (Å²) >= 11 is 1.45. The first kappa shape index (κ1) is 16.2. The molecule has 0 aliphatic heterocycles. The van der Waals surface area contributed by atoms with Crippen LogP contribution in [0.4, 0.5) is 4.39 Å². The van der Waals surface area contributed by atoms with Gasteiger partial charge in [0.2, 0.25) is 5.91 Å². The van der Waals surface area contributed by atoms with E-state index < -0.39 is 0 Å². The average molecular weight is 346 g/mol. The van der Waals surface area contributed by atoms with E-state index in [9.17, 15) is 9.18 Å². The van der Waals surface area contributed by atoms with Crippen molar-refractivity contribution in [1.82, 2.24) is 10.3 Å². The van der Waals surface area contributed by atoms with E-state index in [1.165, 1.54) is 30.4 Å². The first-order valence-electron chi connectivity index (χ1n) is 7.26. The van der Waals surface area contributed by atoms with Crippen LogP contribution in [0.2, 0.25) is 0 Å². The molecule has 3 rings (SSSR count). The number of ether oxygens (including phenoxy) is 1. The SMILES string of the molecule is CC(=O)NCc1ccc(-c2csc(COc3ccc(F)cc3)n2)o1. The van der Waals surface area contributed by atoms with Crippen LogP contribution in [0.1, 0.15) is 17.7 Å². The molecule has 0 saturated carbocycles. The van der Waals surface area contributed by atoms with E-state index >= 15 is 0 Å². The van der Waals surface area contributed by atoms with E-state index in [4.69, 9.17) is 9.15 Å². The number of hydrogen-bond donors (Lipinski definition) is 1. The molecule has 0 aliphatic carbocycles. The maximum atomic E-state index is 12.8. The summed E-state index contributed by atoms with van der Waals surface area (Å²) < 4.78 is 24.1. The molecule has 3 aromatic rings. The Kier molecular flexibility index (Phi) is 4.90. The number of rotatable bonds is 6. The number of nitrogens with zero attached hydrogens (tertiary/aromatic N) is 1. The Morgan fingerprint density at radius 3 is 2.83 bits per heavy atom. The van der Waals surface area contributed by atoms with Crippen molar-refractivity contribution in [3.05, 3.63) is 58.4 Å². The van der Waals surface area contributed by atoms with Gasteiger partial charge in [0.25, 0.3) is 0 Å². The van der Waals surface area contributed by atoms with Crippen molar-refractivity contribution >= 4 is 17.2 Å². The number of furan rings is 1. The van der Waals surface area contributed by atoms with Crippen LogP contribution >= 0.6 is 11.3 Å². The molecule has 7 heteroatoms. The summed E-state index contributed by atoms with van der Waals surface area (Å²) in [7, 11) is 0. The predicted molar refractivity (Wildman–Crippen MR) is 88.1 cm³/mol. The summed E-state index contributed by atoms with van der Waals surface area (Å²) in [5.41, 5.74) is 0.715. The van der Waals surface area contributed by atoms with E-state index in [1.54, 1.807) is 18.2 Å². The molecule has 0 aliphatic rings. The maximum absolute atomic E-state index is 12.8. The minimum Gasteiger partial charge on any atom is -0.486 e. The molecule has 1 N–H and O–H groups in total. The summed E-state index contributed by atoms with van der Waals surface area (Å²) in [5.74, 6) is 1.48. The molecular formula is C17H15FN2O3S. The molecule has 0 atom stereocenters. The fraction of sp³-hybridized carbons (Fsp3) is 0.176. The van der Waals surface area contributed by atoms with E-state index in [0.717, 1.165) is 5.01 Å². The van der Waals surface area contributed by atoms with Crippen LogP contribution < -0.4 is 10.1 Å². The van der Waals surface area contributed by atoms with Crippen LogP contribution in [0.25, 0.3) is 11.5 Å². The van der Waals surface area contributed by atoms with E-state index in [2.05, 4.69) is 10.3 Å². The van der Waals surface area contributed by atoms with Gasteiger partial charge in [-0.25, -0.2) is 9.37 Å². The Balaban J connectivity index is 1.60. The number of nitrogens with one attached hydrogen (secondary N) is 1. The number of halogens is 1. The fourth-order valence-electron chi connectivity index (χ4n) is 1.99. The lowest BCUT2D eigenvalue weighted by atomic mass is 10.3. The van der Waals surface area contributed by atoms with E-state index in [1.807, 2.05) is 11.4 Å². The molecule has 0 bridgehead atoms. The van der Waals surface area contributed by atoms with Crippen molar-refractivity contribution in [2.75, 3.05) is 0 Å². The fourth-order valence-corrected chi connectivity index (χ4v) is 2.68. The van der Waals surface area contributed by atoms with Gasteiger partial charge in [-0.1, -0.05) is 0 Å². The monoisotopic (exact) mass is 346 g/mol. The quantitative estimate of drug-likeness (QED) is 0.738. The van der Waals surface area contributed by atoms with Crippen molar-refractivity contribution in [3.63, 3.8) is 0 Å². The highest BCUT2D eigenvalue weighted by atomic mass is 32.1. The van der Waals surface area contributed by atoms with Gasteiger partial charge in [-0.15, -0.1) is 11.3 Å². The molecule has 1 amide bonds. The zero-order valence-corrected chi connectivity index (χ0v) is 13.7. The summed E-state index contributed by atoms with van der Waals surface area (Å²) in [6, 6.07) is 9.47. The van der Waals surface area contributed by atoms with Gasteiger partial charge in [0, 0.05) is 12.3 Å². The third-order valence-electron chi connectivity index (χ3n) is 3.15. The molecule has 124 valence electrons. The van der Waals surface area contributed by atoms with Crippen LogP contribution in [0.15, 0.2) is 46.2 Å². The molecule has 5 nitrogen and oxygen atoms in total. The van der Waals surface area contributed by atoms with Gasteiger partial charge in [-0.2, -0.15) is 0 Å². The highest BCUT2D eigenvalue weighted by Gasteiger charge is 2.10. The van der Waals surface area contributed by atoms with Crippen LogP contribution in [-0.4, -0.2) is 10.9 Å². The highest BCUT2D eigenvalue weighted by molar-refractivity contribution is 7.09. The molecule has 0 radical (unpaired) electrons. The summed E-state index contributed by atoms with van der Waals surface area (Å²) in [6.07, 6.45) is 0. The van der Waals surface area contributed by atoms with Crippen molar-refractivity contribution in [3.8, 4) is 17.2 Å². The molecule has 2 heterocycles. The Bertz CT molecular complexity index is 826. The van der Waals surface area contributed by atoms with E-state index in [-0.39, 0.29) is 11.7 Å². The van der Waals surface area contributed by atoms with Crippen LogP contribution in [0.5, 0.6) is 5.75 Å². The second kappa shape index (κ2) is 7.27.